The highest BCUT2D eigenvalue weighted by Gasteiger charge is 2.34. The fourth-order valence-corrected chi connectivity index (χ4v) is 3.83. The summed E-state index contributed by atoms with van der Waals surface area (Å²) >= 11 is 0. The molecule has 0 saturated carbocycles. The van der Waals surface area contributed by atoms with E-state index >= 15 is 0 Å². The van der Waals surface area contributed by atoms with Crippen LogP contribution >= 0.6 is 0 Å². The number of amides is 1. The second-order valence-electron chi connectivity index (χ2n) is 6.84. The molecule has 8 heteroatoms. The molecule has 1 aliphatic heterocycles. The minimum Gasteiger partial charge on any atom is -0.481 e. The van der Waals surface area contributed by atoms with Gasteiger partial charge in [0.2, 0.25) is 0 Å². The first-order valence-electron chi connectivity index (χ1n) is 9.02. The van der Waals surface area contributed by atoms with Crippen molar-refractivity contribution in [2.24, 2.45) is 0 Å². The minimum absolute atomic E-state index is 0.160. The predicted molar refractivity (Wildman–Crippen MR) is 93.4 cm³/mol. The number of carbonyl (C=O) groups excluding carboxylic acids is 1. The van der Waals surface area contributed by atoms with E-state index in [1.807, 2.05) is 0 Å². The fourth-order valence-electron chi connectivity index (χ4n) is 3.83. The topological polar surface area (TPSA) is 84.7 Å². The number of ether oxygens (including phenoxy) is 1. The second kappa shape index (κ2) is 7.11. The third kappa shape index (κ3) is 3.32. The van der Waals surface area contributed by atoms with Gasteiger partial charge in [0.15, 0.2) is 5.69 Å². The van der Waals surface area contributed by atoms with Crippen molar-refractivity contribution in [2.75, 3.05) is 19.8 Å². The van der Waals surface area contributed by atoms with Crippen LogP contribution in [-0.4, -0.2) is 57.5 Å². The quantitative estimate of drug-likeness (QED) is 0.884. The van der Waals surface area contributed by atoms with Gasteiger partial charge < -0.3 is 14.7 Å². The number of morpholine rings is 1. The lowest BCUT2D eigenvalue weighted by Crippen LogP contribution is -2.49. The molecule has 0 spiro atoms. The maximum atomic E-state index is 13.2. The maximum absolute atomic E-state index is 13.2. The molecule has 2 aliphatic rings. The first kappa shape index (κ1) is 17.7. The van der Waals surface area contributed by atoms with E-state index in [9.17, 15) is 14.0 Å². The molecule has 2 aromatic rings. The van der Waals surface area contributed by atoms with Crippen molar-refractivity contribution >= 4 is 11.9 Å². The first-order valence-corrected chi connectivity index (χ1v) is 9.02. The van der Waals surface area contributed by atoms with Crippen molar-refractivity contribution in [2.45, 2.75) is 31.7 Å². The number of carboxylic acids is 1. The van der Waals surface area contributed by atoms with E-state index in [-0.39, 0.29) is 24.8 Å². The third-order valence-electron chi connectivity index (χ3n) is 5.10. The first-order chi connectivity index (χ1) is 13.0. The average Bonchev–Trinajstić information content (AvgIpc) is 3.24. The number of rotatable bonds is 4. The number of carboxylic acid groups (broad SMARTS) is 1. The summed E-state index contributed by atoms with van der Waals surface area (Å²) in [6.45, 7) is 0.927. The summed E-state index contributed by atoms with van der Waals surface area (Å²) in [5.41, 5.74) is 2.94. The third-order valence-corrected chi connectivity index (χ3v) is 5.10. The molecule has 1 aromatic carbocycles. The lowest BCUT2D eigenvalue weighted by Gasteiger charge is -2.34. The fraction of sp³-hybridized carbons (Fsp3) is 0.421. The van der Waals surface area contributed by atoms with Crippen LogP contribution in [0.15, 0.2) is 24.3 Å². The van der Waals surface area contributed by atoms with Gasteiger partial charge in [0.1, 0.15) is 5.82 Å². The van der Waals surface area contributed by atoms with Crippen molar-refractivity contribution in [3.8, 4) is 5.69 Å². The second-order valence-corrected chi connectivity index (χ2v) is 6.84. The Labute approximate surface area is 155 Å². The largest absolute Gasteiger partial charge is 0.481 e. The van der Waals surface area contributed by atoms with Gasteiger partial charge in [0.25, 0.3) is 5.91 Å². The van der Waals surface area contributed by atoms with Gasteiger partial charge in [-0.2, -0.15) is 5.10 Å². The Hall–Kier alpha value is -2.74. The monoisotopic (exact) mass is 373 g/mol. The average molecular weight is 373 g/mol. The Balaban J connectivity index is 1.69. The lowest BCUT2D eigenvalue weighted by molar-refractivity contribution is -0.139. The van der Waals surface area contributed by atoms with Crippen LogP contribution < -0.4 is 0 Å². The van der Waals surface area contributed by atoms with Gasteiger partial charge in [-0.15, -0.1) is 0 Å². The van der Waals surface area contributed by atoms with Crippen molar-refractivity contribution in [1.29, 1.82) is 0 Å². The zero-order chi connectivity index (χ0) is 19.0. The summed E-state index contributed by atoms with van der Waals surface area (Å²) in [7, 11) is 0. The van der Waals surface area contributed by atoms with E-state index in [4.69, 9.17) is 9.84 Å². The molecule has 4 rings (SSSR count). The van der Waals surface area contributed by atoms with Gasteiger partial charge in [0, 0.05) is 17.8 Å². The van der Waals surface area contributed by atoms with Crippen LogP contribution in [0.2, 0.25) is 0 Å². The SMILES string of the molecule is O=C(O)CC1COCCN1C(=O)c1nn(-c2ccc(F)cc2)c2c1CCC2. The Bertz CT molecular complexity index is 878. The molecule has 1 fully saturated rings. The van der Waals surface area contributed by atoms with E-state index in [0.717, 1.165) is 30.5 Å². The van der Waals surface area contributed by atoms with E-state index < -0.39 is 12.0 Å². The summed E-state index contributed by atoms with van der Waals surface area (Å²) in [5, 5.41) is 13.7. The van der Waals surface area contributed by atoms with Crippen LogP contribution in [0.4, 0.5) is 4.39 Å². The molecule has 2 heterocycles. The van der Waals surface area contributed by atoms with Gasteiger partial charge in [-0.1, -0.05) is 0 Å². The highest BCUT2D eigenvalue weighted by Crippen LogP contribution is 2.29. The van der Waals surface area contributed by atoms with Crippen molar-refractivity contribution in [3.05, 3.63) is 47.0 Å². The number of fused-ring (bicyclic) bond motifs is 1. The summed E-state index contributed by atoms with van der Waals surface area (Å²) in [5.74, 6) is -1.56. The highest BCUT2D eigenvalue weighted by molar-refractivity contribution is 5.95. The van der Waals surface area contributed by atoms with Gasteiger partial charge in [0.05, 0.1) is 31.4 Å². The number of hydrogen-bond donors (Lipinski definition) is 1. The Kier molecular flexibility index (Phi) is 4.65. The molecule has 0 bridgehead atoms. The van der Waals surface area contributed by atoms with Gasteiger partial charge in [-0.25, -0.2) is 9.07 Å². The van der Waals surface area contributed by atoms with E-state index in [1.54, 1.807) is 21.7 Å². The molecular weight excluding hydrogens is 353 g/mol. The highest BCUT2D eigenvalue weighted by atomic mass is 19.1. The molecule has 1 aromatic heterocycles. The molecule has 1 saturated heterocycles. The summed E-state index contributed by atoms with van der Waals surface area (Å²) in [6, 6.07) is 5.50. The molecule has 1 N–H and O–H groups in total. The standard InChI is InChI=1S/C19H20FN3O4/c20-12-4-6-13(7-5-12)23-16-3-1-2-15(16)18(21-23)19(26)22-8-9-27-11-14(22)10-17(24)25/h4-7,14H,1-3,8-11H2,(H,24,25). The molecule has 0 radical (unpaired) electrons. The van der Waals surface area contributed by atoms with Crippen LogP contribution in [0.1, 0.15) is 34.6 Å². The number of nitrogens with zero attached hydrogens (tertiary/aromatic N) is 3. The summed E-state index contributed by atoms with van der Waals surface area (Å²) < 4.78 is 20.3. The Morgan fingerprint density at radius 2 is 2.04 bits per heavy atom. The normalized spacial score (nSPS) is 19.1. The van der Waals surface area contributed by atoms with E-state index in [1.165, 1.54) is 12.1 Å². The summed E-state index contributed by atoms with van der Waals surface area (Å²) in [4.78, 5) is 25.9. The number of hydrogen-bond acceptors (Lipinski definition) is 4. The van der Waals surface area contributed by atoms with Gasteiger partial charge in [-0.3, -0.25) is 9.59 Å². The number of aromatic nitrogens is 2. The number of halogens is 1. The molecule has 7 nitrogen and oxygen atoms in total. The molecule has 1 amide bonds. The number of carbonyl (C=O) groups is 2. The van der Waals surface area contributed by atoms with Gasteiger partial charge in [-0.05, 0) is 43.5 Å². The zero-order valence-corrected chi connectivity index (χ0v) is 14.7. The van der Waals surface area contributed by atoms with Crippen LogP contribution in [0.5, 0.6) is 0 Å². The van der Waals surface area contributed by atoms with Crippen molar-refractivity contribution < 1.29 is 23.8 Å². The number of benzene rings is 1. The molecule has 1 aliphatic carbocycles. The zero-order valence-electron chi connectivity index (χ0n) is 14.7. The van der Waals surface area contributed by atoms with Crippen LogP contribution in [-0.2, 0) is 22.4 Å². The van der Waals surface area contributed by atoms with Crippen molar-refractivity contribution in [1.82, 2.24) is 14.7 Å². The molecular formula is C19H20FN3O4. The molecule has 1 unspecified atom stereocenters. The Morgan fingerprint density at radius 3 is 2.78 bits per heavy atom. The lowest BCUT2D eigenvalue weighted by atomic mass is 10.1. The van der Waals surface area contributed by atoms with Crippen LogP contribution in [0.3, 0.4) is 0 Å². The smallest absolute Gasteiger partial charge is 0.305 e. The number of aliphatic carboxylic acids is 1. The molecule has 1 atom stereocenters. The van der Waals surface area contributed by atoms with Crippen molar-refractivity contribution in [3.63, 3.8) is 0 Å². The molecule has 142 valence electrons. The maximum Gasteiger partial charge on any atom is 0.305 e. The van der Waals surface area contributed by atoms with Crippen LogP contribution in [0, 0.1) is 5.82 Å². The van der Waals surface area contributed by atoms with Gasteiger partial charge >= 0.3 is 5.97 Å². The Morgan fingerprint density at radius 1 is 1.26 bits per heavy atom. The van der Waals surface area contributed by atoms with E-state index in [2.05, 4.69) is 5.10 Å². The van der Waals surface area contributed by atoms with E-state index in [0.29, 0.717) is 24.5 Å². The van der Waals surface area contributed by atoms with Crippen LogP contribution in [0.25, 0.3) is 5.69 Å². The minimum atomic E-state index is -0.967. The molecule has 27 heavy (non-hydrogen) atoms. The predicted octanol–water partition coefficient (Wildman–Crippen LogP) is 1.82. The summed E-state index contributed by atoms with van der Waals surface area (Å²) in [6.07, 6.45) is 2.32.